The van der Waals surface area contributed by atoms with Crippen molar-refractivity contribution >= 4 is 21.8 Å². The molecule has 0 unspecified atom stereocenters. The van der Waals surface area contributed by atoms with Gasteiger partial charge in [-0.15, -0.1) is 0 Å². The predicted octanol–water partition coefficient (Wildman–Crippen LogP) is 13.3. The lowest BCUT2D eigenvalue weighted by atomic mass is 9.61. The van der Waals surface area contributed by atoms with Crippen LogP contribution in [-0.4, -0.2) is 19.5 Å². The normalized spacial score (nSPS) is 13.5. The molecule has 0 saturated heterocycles. The lowest BCUT2D eigenvalue weighted by Crippen LogP contribution is -2.36. The first kappa shape index (κ1) is 35.7. The maximum Gasteiger partial charge on any atom is 0.164 e. The van der Waals surface area contributed by atoms with Crippen molar-refractivity contribution in [3.05, 3.63) is 203 Å². The van der Waals surface area contributed by atoms with E-state index in [1.807, 2.05) is 36.4 Å². The van der Waals surface area contributed by atoms with Crippen LogP contribution in [0.2, 0.25) is 0 Å². The Morgan fingerprint density at radius 2 is 0.897 bits per heavy atom. The van der Waals surface area contributed by atoms with Gasteiger partial charge in [0.05, 0.1) is 22.1 Å². The number of benzene rings is 7. The van der Waals surface area contributed by atoms with E-state index in [0.29, 0.717) is 17.5 Å². The summed E-state index contributed by atoms with van der Waals surface area (Å²) in [4.78, 5) is 15.3. The highest BCUT2D eigenvalue weighted by molar-refractivity contribution is 6.13. The summed E-state index contributed by atoms with van der Waals surface area (Å²) in [5, 5.41) is 2.40. The second kappa shape index (κ2) is 13.2. The third kappa shape index (κ3) is 5.61. The van der Waals surface area contributed by atoms with Crippen molar-refractivity contribution in [2.24, 2.45) is 0 Å². The molecule has 9 aromatic rings. The predicted molar refractivity (Wildman–Crippen MR) is 240 cm³/mol. The molecule has 282 valence electrons. The smallest absolute Gasteiger partial charge is 0.164 e. The van der Waals surface area contributed by atoms with Crippen molar-refractivity contribution in [2.45, 2.75) is 57.8 Å². The highest BCUT2D eigenvalue weighted by Crippen LogP contribution is 2.56. The van der Waals surface area contributed by atoms with E-state index in [1.165, 1.54) is 55.4 Å². The Bertz CT molecular complexity index is 2890. The number of aromatic nitrogens is 4. The summed E-state index contributed by atoms with van der Waals surface area (Å²) >= 11 is 0. The van der Waals surface area contributed by atoms with E-state index in [4.69, 9.17) is 15.0 Å². The first-order valence-electron chi connectivity index (χ1n) is 20.3. The molecule has 0 saturated carbocycles. The number of hydrogen-bond donors (Lipinski definition) is 0. The van der Waals surface area contributed by atoms with Crippen molar-refractivity contribution in [2.75, 3.05) is 0 Å². The van der Waals surface area contributed by atoms with Crippen LogP contribution in [0.25, 0.3) is 61.7 Å². The van der Waals surface area contributed by atoms with Crippen LogP contribution in [0.5, 0.6) is 0 Å². The maximum absolute atomic E-state index is 5.14. The number of rotatable bonds is 5. The molecule has 0 aliphatic carbocycles. The van der Waals surface area contributed by atoms with Crippen molar-refractivity contribution in [1.29, 1.82) is 0 Å². The van der Waals surface area contributed by atoms with E-state index in [9.17, 15) is 0 Å². The Morgan fingerprint density at radius 1 is 0.414 bits per heavy atom. The van der Waals surface area contributed by atoms with Crippen LogP contribution in [0.3, 0.4) is 0 Å². The van der Waals surface area contributed by atoms with Gasteiger partial charge in [-0.1, -0.05) is 181 Å². The summed E-state index contributed by atoms with van der Waals surface area (Å²) in [7, 11) is 0. The molecule has 0 atom stereocenters. The molecule has 4 nitrogen and oxygen atoms in total. The highest BCUT2D eigenvalue weighted by atomic mass is 15.0. The average molecular weight is 751 g/mol. The van der Waals surface area contributed by atoms with Gasteiger partial charge in [-0.05, 0) is 74.5 Å². The maximum atomic E-state index is 5.14. The fraction of sp³-hybridized carbons (Fsp3) is 0.167. The van der Waals surface area contributed by atoms with Crippen LogP contribution in [0.4, 0.5) is 0 Å². The van der Waals surface area contributed by atoms with Gasteiger partial charge in [0.25, 0.3) is 0 Å². The van der Waals surface area contributed by atoms with Gasteiger partial charge in [0.2, 0.25) is 0 Å². The van der Waals surface area contributed by atoms with E-state index in [-0.39, 0.29) is 10.8 Å². The summed E-state index contributed by atoms with van der Waals surface area (Å²) in [5.41, 5.74) is 13.4. The second-order valence-corrected chi connectivity index (χ2v) is 17.7. The van der Waals surface area contributed by atoms with Crippen molar-refractivity contribution in [1.82, 2.24) is 19.5 Å². The molecular weight excluding hydrogens is 705 g/mol. The Balaban J connectivity index is 1.34. The van der Waals surface area contributed by atoms with Gasteiger partial charge >= 0.3 is 0 Å². The molecule has 1 aliphatic heterocycles. The van der Waals surface area contributed by atoms with E-state index < -0.39 is 5.41 Å². The lowest BCUT2D eigenvalue weighted by molar-refractivity contribution is 0.583. The van der Waals surface area contributed by atoms with Crippen LogP contribution < -0.4 is 0 Å². The van der Waals surface area contributed by atoms with E-state index in [0.717, 1.165) is 22.2 Å². The molecule has 0 spiro atoms. The molecule has 0 bridgehead atoms. The van der Waals surface area contributed by atoms with E-state index in [1.54, 1.807) is 0 Å². The SMILES string of the molecule is CC(C)(C)c1ccc2c(c1)C(c1ccccc1)(c1ccccc1)c1cc(C(C)(C)C)cc3c4cc(-c5nc(-c6ccccc6)nc(-c6ccccc6)n5)ccc4n-2c13. The summed E-state index contributed by atoms with van der Waals surface area (Å²) in [6.45, 7) is 13.9. The zero-order valence-corrected chi connectivity index (χ0v) is 34.0. The van der Waals surface area contributed by atoms with Gasteiger partial charge < -0.3 is 4.57 Å². The Kier molecular flexibility index (Phi) is 8.14. The first-order valence-corrected chi connectivity index (χ1v) is 20.3. The summed E-state index contributed by atoms with van der Waals surface area (Å²) < 4.78 is 2.53. The Labute approximate surface area is 340 Å². The molecule has 3 heterocycles. The first-order chi connectivity index (χ1) is 28.0. The summed E-state index contributed by atoms with van der Waals surface area (Å²) in [5.74, 6) is 1.96. The van der Waals surface area contributed by atoms with Crippen LogP contribution in [0, 0.1) is 0 Å². The number of fused-ring (bicyclic) bond motifs is 5. The molecule has 4 heteroatoms. The highest BCUT2D eigenvalue weighted by Gasteiger charge is 2.46. The Morgan fingerprint density at radius 3 is 1.41 bits per heavy atom. The topological polar surface area (TPSA) is 43.6 Å². The molecule has 2 aromatic heterocycles. The minimum absolute atomic E-state index is 0.0492. The molecule has 7 aromatic carbocycles. The monoisotopic (exact) mass is 750 g/mol. The number of hydrogen-bond acceptors (Lipinski definition) is 3. The zero-order chi connectivity index (χ0) is 39.8. The molecule has 0 radical (unpaired) electrons. The minimum atomic E-state index is -0.588. The Hall–Kier alpha value is -6.65. The second-order valence-electron chi connectivity index (χ2n) is 17.7. The van der Waals surface area contributed by atoms with Gasteiger partial charge in [0.15, 0.2) is 17.5 Å². The van der Waals surface area contributed by atoms with Crippen LogP contribution >= 0.6 is 0 Å². The third-order valence-corrected chi connectivity index (χ3v) is 12.0. The standard InChI is InChI=1S/C54H46N4/c1-52(2,3)40-28-30-47-44(33-40)54(38-23-15-9-16-24-38,39-25-17-10-18-26-39)45-34-41(53(4,5)6)32-43-42-31-37(27-29-46(42)58(47)48(43)45)51-56-49(35-19-11-7-12-20-35)55-50(57-51)36-21-13-8-14-22-36/h7-34H,1-6H3. The molecule has 1 aliphatic rings. The van der Waals surface area contributed by atoms with E-state index >= 15 is 0 Å². The van der Waals surface area contributed by atoms with Gasteiger partial charge in [-0.2, -0.15) is 0 Å². The van der Waals surface area contributed by atoms with Crippen molar-refractivity contribution in [3.8, 4) is 39.9 Å². The summed E-state index contributed by atoms with van der Waals surface area (Å²) in [6, 6.07) is 61.6. The molecular formula is C54H46N4. The average Bonchev–Trinajstić information content (AvgIpc) is 3.58. The van der Waals surface area contributed by atoms with Gasteiger partial charge in [-0.25, -0.2) is 15.0 Å². The van der Waals surface area contributed by atoms with Gasteiger partial charge in [0, 0.05) is 27.5 Å². The zero-order valence-electron chi connectivity index (χ0n) is 34.0. The van der Waals surface area contributed by atoms with Crippen LogP contribution in [0.1, 0.15) is 74.9 Å². The lowest BCUT2D eigenvalue weighted by Gasteiger charge is -2.43. The quantitative estimate of drug-likeness (QED) is 0.176. The summed E-state index contributed by atoms with van der Waals surface area (Å²) in [6.07, 6.45) is 0. The van der Waals surface area contributed by atoms with Gasteiger partial charge in [0.1, 0.15) is 0 Å². The van der Waals surface area contributed by atoms with E-state index in [2.05, 4.69) is 180 Å². The van der Waals surface area contributed by atoms with Crippen molar-refractivity contribution < 1.29 is 0 Å². The largest absolute Gasteiger partial charge is 0.309 e. The van der Waals surface area contributed by atoms with Crippen LogP contribution in [-0.2, 0) is 16.2 Å². The van der Waals surface area contributed by atoms with Crippen molar-refractivity contribution in [3.63, 3.8) is 0 Å². The molecule has 58 heavy (non-hydrogen) atoms. The fourth-order valence-electron chi connectivity index (χ4n) is 9.00. The molecule has 0 fully saturated rings. The number of nitrogens with zero attached hydrogens (tertiary/aromatic N) is 4. The van der Waals surface area contributed by atoms with Gasteiger partial charge in [-0.3, -0.25) is 0 Å². The molecule has 0 N–H and O–H groups in total. The molecule has 0 amide bonds. The molecule has 10 rings (SSSR count). The fourth-order valence-corrected chi connectivity index (χ4v) is 9.00. The minimum Gasteiger partial charge on any atom is -0.309 e. The third-order valence-electron chi connectivity index (χ3n) is 12.0. The van der Waals surface area contributed by atoms with Crippen LogP contribution in [0.15, 0.2) is 170 Å².